The Labute approximate surface area is 418 Å². The van der Waals surface area contributed by atoms with Gasteiger partial charge in [0.25, 0.3) is 20.2 Å². The van der Waals surface area contributed by atoms with Gasteiger partial charge in [0.05, 0.1) is 34.1 Å². The van der Waals surface area contributed by atoms with E-state index in [1.165, 1.54) is 12.1 Å². The van der Waals surface area contributed by atoms with E-state index in [9.17, 15) is 31.0 Å². The van der Waals surface area contributed by atoms with Crippen molar-refractivity contribution in [1.29, 1.82) is 0 Å². The van der Waals surface area contributed by atoms with Crippen molar-refractivity contribution < 1.29 is 56.3 Å². The minimum absolute atomic E-state index is 0.0112. The van der Waals surface area contributed by atoms with Crippen molar-refractivity contribution in [3.8, 4) is 5.75 Å². The highest BCUT2D eigenvalue weighted by Crippen LogP contribution is 2.39. The van der Waals surface area contributed by atoms with Crippen LogP contribution in [-0.4, -0.2) is 56.3 Å². The second kappa shape index (κ2) is 23.5. The molecule has 22 nitrogen and oxygen atoms in total. The fourth-order valence-corrected chi connectivity index (χ4v) is 8.11. The van der Waals surface area contributed by atoms with E-state index in [0.29, 0.717) is 39.5 Å². The number of aryl methyl sites for hydroxylation is 3. The number of phenols is 1. The first-order chi connectivity index (χ1) is 34.5. The number of phenolic OH excluding ortho intramolecular Hbond substituents is 1. The summed E-state index contributed by atoms with van der Waals surface area (Å²) in [5.41, 5.74) is 7.55. The maximum atomic E-state index is 12.2. The Hall–Kier alpha value is -8.66. The third-order valence-corrected chi connectivity index (χ3v) is 11.9. The minimum atomic E-state index is -4.78. The van der Waals surface area contributed by atoms with E-state index in [-0.39, 0.29) is 27.9 Å². The summed E-state index contributed by atoms with van der Waals surface area (Å²) in [6, 6.07) is 40.7. The highest BCUT2D eigenvalue weighted by Gasteiger charge is 2.21. The molecular weight excluding hydrogens is 1030 g/mol. The number of nitrogens with zero attached hydrogens (tertiary/aromatic N) is 8. The van der Waals surface area contributed by atoms with Gasteiger partial charge < -0.3 is 10.4 Å². The van der Waals surface area contributed by atoms with Crippen molar-refractivity contribution in [2.75, 3.05) is 5.32 Å². The highest BCUT2D eigenvalue weighted by atomic mass is 32.2. The Balaban J connectivity index is 0.00000101. The van der Waals surface area contributed by atoms with Crippen LogP contribution in [0.5, 0.6) is 5.75 Å². The minimum Gasteiger partial charge on any atom is -0.505 e. The molecule has 372 valence electrons. The number of fused-ring (bicyclic) bond motifs is 2. The summed E-state index contributed by atoms with van der Waals surface area (Å²) in [5.74, 6) is 0.0416. The monoisotopic (exact) mass is 1060 g/mol. The largest absolute Gasteiger partial charge is 0.505 e. The second-order valence-corrected chi connectivity index (χ2v) is 18.8. The number of hydrogen-bond acceptors (Lipinski definition) is 20. The number of azo groups is 4. The van der Waals surface area contributed by atoms with Crippen LogP contribution in [-0.2, 0) is 41.5 Å². The normalized spacial score (nSPS) is 11.7. The molecule has 0 aromatic heterocycles. The molecule has 0 bridgehead atoms. The van der Waals surface area contributed by atoms with Gasteiger partial charge >= 0.3 is 21.2 Å². The average molecular weight is 1060 g/mol. The number of nitrogens with one attached hydrogen (secondary N) is 1. The number of aromatic hydroxyl groups is 1. The first-order valence-corrected chi connectivity index (χ1v) is 25.6. The lowest BCUT2D eigenvalue weighted by molar-refractivity contribution is 0.482. The van der Waals surface area contributed by atoms with Crippen molar-refractivity contribution in [3.05, 3.63) is 162 Å². The lowest BCUT2D eigenvalue weighted by atomic mass is 10.1. The molecule has 0 saturated heterocycles. The number of anilines is 2. The van der Waals surface area contributed by atoms with Gasteiger partial charge in [-0.05, 0) is 157 Å². The van der Waals surface area contributed by atoms with E-state index in [4.69, 9.17) is 25.3 Å². The van der Waals surface area contributed by atoms with Gasteiger partial charge in [-0.15, -0.1) is 35.5 Å². The van der Waals surface area contributed by atoms with E-state index in [1.54, 1.807) is 42.5 Å². The third-order valence-electron chi connectivity index (χ3n) is 10.1. The van der Waals surface area contributed by atoms with Gasteiger partial charge in [0.1, 0.15) is 21.2 Å². The van der Waals surface area contributed by atoms with Gasteiger partial charge in [-0.2, -0.15) is 47.5 Å². The van der Waals surface area contributed by atoms with Gasteiger partial charge in [-0.25, -0.2) is 0 Å². The SMILES string of the molecule is Cc1cc(N=Nc2cc(C)c(N=Nc3ccc4cc(Nc5ccccc5)ccc4c3O)cc2C)ccc1N=Nc1ccc(N=Nc2cc3c(S(=O)(=O)O)cccc3cc2S(=O)(=O)O)cc1.O=S(=O)=O.O=S(=O)=O. The topological polar surface area (TPSA) is 342 Å². The molecular formula is C47H37N9O13S4. The molecule has 4 N–H and O–H groups in total. The molecule has 0 amide bonds. The van der Waals surface area contributed by atoms with Gasteiger partial charge in [-0.1, -0.05) is 36.4 Å². The molecule has 0 aliphatic heterocycles. The molecule has 0 atom stereocenters. The van der Waals surface area contributed by atoms with Crippen LogP contribution in [0.3, 0.4) is 0 Å². The summed E-state index contributed by atoms with van der Waals surface area (Å²) in [7, 11) is -15.7. The Kier molecular flexibility index (Phi) is 17.3. The molecule has 26 heteroatoms. The van der Waals surface area contributed by atoms with Gasteiger partial charge in [0.15, 0.2) is 5.75 Å². The highest BCUT2D eigenvalue weighted by molar-refractivity contribution is 7.86. The standard InChI is InChI=1S/C47H37N9O7S2.2O3S/c1-28-22-37(51-54-42-23-30(3)43(24-29(42)2)55-53-41-20-12-32-25-36(17-19-38(32)47(41)57)48-33-9-5-4-6-10-33)18-21-40(28)52-49-34-13-15-35(16-14-34)50-56-44-27-39-31(26-46(44)65(61,62)63)8-7-11-45(39)64(58,59)60;2*1-4(2)3/h4-27,48,57H,1-3H3,(H,58,59,60)(H,61,62,63);;. The van der Waals surface area contributed by atoms with Crippen LogP contribution in [0.1, 0.15) is 16.7 Å². The molecule has 0 saturated carbocycles. The quantitative estimate of drug-likeness (QED) is 0.0653. The Bertz CT molecular complexity index is 3970. The van der Waals surface area contributed by atoms with Crippen LogP contribution < -0.4 is 5.32 Å². The van der Waals surface area contributed by atoms with E-state index < -0.39 is 51.2 Å². The molecule has 8 aromatic carbocycles. The van der Waals surface area contributed by atoms with E-state index in [0.717, 1.165) is 51.7 Å². The van der Waals surface area contributed by atoms with E-state index in [2.05, 4.69) is 46.2 Å². The van der Waals surface area contributed by atoms with Crippen molar-refractivity contribution in [2.45, 2.75) is 30.6 Å². The molecule has 0 unspecified atom stereocenters. The maximum absolute atomic E-state index is 12.2. The number of benzene rings is 8. The first-order valence-electron chi connectivity index (χ1n) is 20.7. The second-order valence-electron chi connectivity index (χ2n) is 15.2. The molecule has 8 aromatic rings. The average Bonchev–Trinajstić information content (AvgIpc) is 3.32. The van der Waals surface area contributed by atoms with Gasteiger partial charge in [-0.3, -0.25) is 9.11 Å². The lowest BCUT2D eigenvalue weighted by Gasteiger charge is -2.09. The predicted molar refractivity (Wildman–Crippen MR) is 269 cm³/mol. The smallest absolute Gasteiger partial charge is 0.425 e. The zero-order valence-corrected chi connectivity index (χ0v) is 41.3. The molecule has 0 heterocycles. The molecule has 0 radical (unpaired) electrons. The summed E-state index contributed by atoms with van der Waals surface area (Å²) >= 11 is 0. The maximum Gasteiger partial charge on any atom is 0.425 e. The summed E-state index contributed by atoms with van der Waals surface area (Å²) < 4.78 is 118. The Morgan fingerprint density at radius 1 is 0.397 bits per heavy atom. The fourth-order valence-electron chi connectivity index (χ4n) is 6.77. The molecule has 0 aliphatic rings. The molecule has 73 heavy (non-hydrogen) atoms. The van der Waals surface area contributed by atoms with Crippen LogP contribution in [0.15, 0.2) is 196 Å². The molecule has 0 fully saturated rings. The third kappa shape index (κ3) is 14.9. The van der Waals surface area contributed by atoms with Crippen molar-refractivity contribution in [3.63, 3.8) is 0 Å². The lowest BCUT2D eigenvalue weighted by Crippen LogP contribution is -2.01. The first kappa shape index (κ1) is 53.7. The van der Waals surface area contributed by atoms with Crippen LogP contribution in [0.25, 0.3) is 21.5 Å². The van der Waals surface area contributed by atoms with E-state index in [1.807, 2.05) is 93.6 Å². The molecule has 0 aliphatic carbocycles. The summed E-state index contributed by atoms with van der Waals surface area (Å²) in [4.78, 5) is -1.06. The number of para-hydroxylation sites is 1. The molecule has 0 spiro atoms. The van der Waals surface area contributed by atoms with Gasteiger partial charge in [0, 0.05) is 22.1 Å². The predicted octanol–water partition coefficient (Wildman–Crippen LogP) is 12.5. The van der Waals surface area contributed by atoms with Crippen molar-refractivity contribution >= 4 is 120 Å². The number of rotatable bonds is 12. The summed E-state index contributed by atoms with van der Waals surface area (Å²) in [6.45, 7) is 5.67. The van der Waals surface area contributed by atoms with Crippen LogP contribution >= 0.6 is 0 Å². The van der Waals surface area contributed by atoms with Crippen LogP contribution in [0, 0.1) is 20.8 Å². The zero-order valence-electron chi connectivity index (χ0n) is 38.0. The fraction of sp³-hybridized carbons (Fsp3) is 0.0638. The Morgan fingerprint density at radius 3 is 1.45 bits per heavy atom. The van der Waals surface area contributed by atoms with Gasteiger partial charge in [0.2, 0.25) is 0 Å². The van der Waals surface area contributed by atoms with E-state index >= 15 is 0 Å². The summed E-state index contributed by atoms with van der Waals surface area (Å²) in [5, 5.41) is 50.5. The molecule has 8 rings (SSSR count). The Morgan fingerprint density at radius 2 is 0.877 bits per heavy atom. The van der Waals surface area contributed by atoms with Crippen molar-refractivity contribution in [1.82, 2.24) is 0 Å². The zero-order chi connectivity index (χ0) is 53.0. The van der Waals surface area contributed by atoms with Crippen LogP contribution in [0.2, 0.25) is 0 Å². The number of hydrogen-bond donors (Lipinski definition) is 4. The van der Waals surface area contributed by atoms with Crippen molar-refractivity contribution in [2.24, 2.45) is 40.9 Å². The van der Waals surface area contributed by atoms with Crippen LogP contribution in [0.4, 0.5) is 56.9 Å². The summed E-state index contributed by atoms with van der Waals surface area (Å²) in [6.07, 6.45) is 0.